The molecule has 1 aliphatic rings. The summed E-state index contributed by atoms with van der Waals surface area (Å²) in [5.41, 5.74) is 3.73. The number of benzene rings is 2. The van der Waals surface area contributed by atoms with Crippen molar-refractivity contribution >= 4 is 47.4 Å². The number of rotatable bonds is 8. The van der Waals surface area contributed by atoms with Gasteiger partial charge in [0.05, 0.1) is 0 Å². The molecule has 0 spiro atoms. The van der Waals surface area contributed by atoms with Gasteiger partial charge in [-0.1, -0.05) is 31.2 Å². The summed E-state index contributed by atoms with van der Waals surface area (Å²) in [6, 6.07) is 15.6. The predicted octanol–water partition coefficient (Wildman–Crippen LogP) is 3.44. The fourth-order valence-electron chi connectivity index (χ4n) is 3.47. The lowest BCUT2D eigenvalue weighted by Crippen LogP contribution is -2.36. The Hall–Kier alpha value is -2.62. The van der Waals surface area contributed by atoms with Crippen molar-refractivity contribution in [1.29, 1.82) is 0 Å². The molecule has 0 aliphatic carbocycles. The molecule has 1 saturated heterocycles. The fourth-order valence-corrected chi connectivity index (χ4v) is 3.47. The molecule has 2 aromatic rings. The normalized spacial score (nSPS) is 13.5. The zero-order valence-corrected chi connectivity index (χ0v) is 21.0. The smallest absolute Gasteiger partial charge is 0.251 e. The fraction of sp³-hybridized carbons (Fsp3) is 0.375. The highest BCUT2D eigenvalue weighted by Crippen LogP contribution is 2.21. The SMILES string of the molecule is CCCNC(=O)c1cccc(CNC(=NC)NCc2ccc(N3CCCC3=O)cc2)c1.I. The predicted molar refractivity (Wildman–Crippen MR) is 140 cm³/mol. The number of anilines is 1. The van der Waals surface area contributed by atoms with Gasteiger partial charge in [0.2, 0.25) is 5.91 Å². The first-order valence-corrected chi connectivity index (χ1v) is 10.8. The van der Waals surface area contributed by atoms with Crippen molar-refractivity contribution in [2.45, 2.75) is 39.3 Å². The second kappa shape index (κ2) is 13.0. The van der Waals surface area contributed by atoms with E-state index in [9.17, 15) is 9.59 Å². The van der Waals surface area contributed by atoms with E-state index in [1.54, 1.807) is 7.05 Å². The van der Waals surface area contributed by atoms with Crippen LogP contribution in [0.5, 0.6) is 0 Å². The van der Waals surface area contributed by atoms with E-state index in [-0.39, 0.29) is 35.8 Å². The van der Waals surface area contributed by atoms with Crippen molar-refractivity contribution in [3.8, 4) is 0 Å². The van der Waals surface area contributed by atoms with Crippen LogP contribution in [-0.2, 0) is 17.9 Å². The van der Waals surface area contributed by atoms with Crippen LogP contribution in [0.2, 0.25) is 0 Å². The Balaban J connectivity index is 0.00000363. The highest BCUT2D eigenvalue weighted by atomic mass is 127. The second-order valence-electron chi connectivity index (χ2n) is 7.55. The van der Waals surface area contributed by atoms with Gasteiger partial charge >= 0.3 is 0 Å². The molecule has 1 aliphatic heterocycles. The van der Waals surface area contributed by atoms with E-state index in [0.717, 1.165) is 36.2 Å². The molecule has 1 fully saturated rings. The van der Waals surface area contributed by atoms with Crippen LogP contribution in [0.25, 0.3) is 0 Å². The molecular formula is C24H32IN5O2. The van der Waals surface area contributed by atoms with Gasteiger partial charge in [0.25, 0.3) is 5.91 Å². The minimum absolute atomic E-state index is 0. The Morgan fingerprint density at radius 3 is 2.38 bits per heavy atom. The number of nitrogens with zero attached hydrogens (tertiary/aromatic N) is 2. The molecule has 0 bridgehead atoms. The molecule has 0 aromatic heterocycles. The number of carbonyl (C=O) groups excluding carboxylic acids is 2. The summed E-state index contributed by atoms with van der Waals surface area (Å²) >= 11 is 0. The molecule has 7 nitrogen and oxygen atoms in total. The molecule has 0 atom stereocenters. The van der Waals surface area contributed by atoms with Crippen LogP contribution in [0.1, 0.15) is 47.7 Å². The minimum Gasteiger partial charge on any atom is -0.352 e. The third kappa shape index (κ3) is 7.22. The van der Waals surface area contributed by atoms with Crippen LogP contribution in [0.3, 0.4) is 0 Å². The Kier molecular flexibility index (Phi) is 10.5. The Morgan fingerprint density at radius 2 is 1.75 bits per heavy atom. The highest BCUT2D eigenvalue weighted by molar-refractivity contribution is 14.0. The molecular weight excluding hydrogens is 517 g/mol. The van der Waals surface area contributed by atoms with Crippen LogP contribution < -0.4 is 20.9 Å². The first-order chi connectivity index (χ1) is 15.1. The van der Waals surface area contributed by atoms with Gasteiger partial charge in [-0.15, -0.1) is 24.0 Å². The van der Waals surface area contributed by atoms with E-state index in [1.807, 2.05) is 60.4 Å². The van der Waals surface area contributed by atoms with E-state index in [1.165, 1.54) is 0 Å². The average Bonchev–Trinajstić information content (AvgIpc) is 3.24. The molecule has 3 rings (SSSR count). The third-order valence-corrected chi connectivity index (χ3v) is 5.19. The van der Waals surface area contributed by atoms with Crippen LogP contribution in [0.4, 0.5) is 5.69 Å². The maximum atomic E-state index is 12.1. The van der Waals surface area contributed by atoms with Gasteiger partial charge in [0.1, 0.15) is 0 Å². The number of carbonyl (C=O) groups is 2. The molecule has 172 valence electrons. The molecule has 2 amide bonds. The second-order valence-corrected chi connectivity index (χ2v) is 7.55. The summed E-state index contributed by atoms with van der Waals surface area (Å²) in [4.78, 5) is 30.1. The van der Waals surface area contributed by atoms with Crippen LogP contribution in [0.15, 0.2) is 53.5 Å². The van der Waals surface area contributed by atoms with Crippen LogP contribution in [-0.4, -0.2) is 37.9 Å². The van der Waals surface area contributed by atoms with E-state index in [4.69, 9.17) is 0 Å². The lowest BCUT2D eigenvalue weighted by atomic mass is 10.1. The van der Waals surface area contributed by atoms with Gasteiger partial charge in [-0.3, -0.25) is 14.6 Å². The molecule has 3 N–H and O–H groups in total. The van der Waals surface area contributed by atoms with Crippen molar-refractivity contribution in [1.82, 2.24) is 16.0 Å². The monoisotopic (exact) mass is 549 g/mol. The Bertz CT molecular complexity index is 930. The van der Waals surface area contributed by atoms with E-state index >= 15 is 0 Å². The zero-order valence-electron chi connectivity index (χ0n) is 18.7. The molecule has 0 unspecified atom stereocenters. The van der Waals surface area contributed by atoms with Crippen molar-refractivity contribution < 1.29 is 9.59 Å². The summed E-state index contributed by atoms with van der Waals surface area (Å²) in [6.07, 6.45) is 2.47. The largest absolute Gasteiger partial charge is 0.352 e. The standard InChI is InChI=1S/C24H31N5O2.HI/c1-3-13-26-23(31)20-7-4-6-19(15-20)17-28-24(25-2)27-16-18-9-11-21(12-10-18)29-14-5-8-22(29)30;/h4,6-7,9-12,15H,3,5,8,13-14,16-17H2,1-2H3,(H,26,31)(H2,25,27,28);1H. The summed E-state index contributed by atoms with van der Waals surface area (Å²) in [5, 5.41) is 9.48. The zero-order chi connectivity index (χ0) is 22.1. The number of amides is 2. The van der Waals surface area contributed by atoms with Gasteiger partial charge in [-0.05, 0) is 48.2 Å². The van der Waals surface area contributed by atoms with Crippen molar-refractivity contribution in [2.75, 3.05) is 25.0 Å². The molecule has 32 heavy (non-hydrogen) atoms. The Morgan fingerprint density at radius 1 is 1.03 bits per heavy atom. The number of hydrogen-bond acceptors (Lipinski definition) is 3. The number of halogens is 1. The van der Waals surface area contributed by atoms with Gasteiger partial charge in [0.15, 0.2) is 5.96 Å². The van der Waals surface area contributed by atoms with E-state index in [0.29, 0.717) is 37.6 Å². The first kappa shape index (κ1) is 25.6. The first-order valence-electron chi connectivity index (χ1n) is 10.8. The van der Waals surface area contributed by atoms with E-state index in [2.05, 4.69) is 20.9 Å². The Labute approximate surface area is 207 Å². The molecule has 8 heteroatoms. The number of nitrogens with one attached hydrogen (secondary N) is 3. The average molecular weight is 549 g/mol. The summed E-state index contributed by atoms with van der Waals surface area (Å²) in [7, 11) is 1.73. The molecule has 0 radical (unpaired) electrons. The topological polar surface area (TPSA) is 85.8 Å². The van der Waals surface area contributed by atoms with Gasteiger partial charge in [0, 0.05) is 50.9 Å². The number of guanidine groups is 1. The van der Waals surface area contributed by atoms with Crippen LogP contribution >= 0.6 is 24.0 Å². The minimum atomic E-state index is -0.0507. The van der Waals surface area contributed by atoms with Gasteiger partial charge in [-0.2, -0.15) is 0 Å². The molecule has 1 heterocycles. The van der Waals surface area contributed by atoms with Gasteiger partial charge < -0.3 is 20.9 Å². The van der Waals surface area contributed by atoms with Crippen LogP contribution in [0, 0.1) is 0 Å². The highest BCUT2D eigenvalue weighted by Gasteiger charge is 2.21. The summed E-state index contributed by atoms with van der Waals surface area (Å²) in [6.45, 7) is 4.68. The van der Waals surface area contributed by atoms with Crippen molar-refractivity contribution in [2.24, 2.45) is 4.99 Å². The maximum Gasteiger partial charge on any atom is 0.251 e. The molecule has 0 saturated carbocycles. The number of hydrogen-bond donors (Lipinski definition) is 3. The van der Waals surface area contributed by atoms with E-state index < -0.39 is 0 Å². The maximum absolute atomic E-state index is 12.1. The van der Waals surface area contributed by atoms with Gasteiger partial charge in [-0.25, -0.2) is 0 Å². The number of aliphatic imine (C=N–C) groups is 1. The summed E-state index contributed by atoms with van der Waals surface area (Å²) in [5.74, 6) is 0.826. The van der Waals surface area contributed by atoms with Crippen molar-refractivity contribution in [3.63, 3.8) is 0 Å². The summed E-state index contributed by atoms with van der Waals surface area (Å²) < 4.78 is 0. The lowest BCUT2D eigenvalue weighted by molar-refractivity contribution is -0.117. The quantitative estimate of drug-likeness (QED) is 0.268. The third-order valence-electron chi connectivity index (χ3n) is 5.19. The van der Waals surface area contributed by atoms with Crippen molar-refractivity contribution in [3.05, 3.63) is 65.2 Å². The lowest BCUT2D eigenvalue weighted by Gasteiger charge is -2.16. The molecule has 2 aromatic carbocycles.